The van der Waals surface area contributed by atoms with Gasteiger partial charge in [0.25, 0.3) is 5.91 Å². The third-order valence-electron chi connectivity index (χ3n) is 7.30. The number of piperidine rings is 1. The molecule has 1 fully saturated rings. The van der Waals surface area contributed by atoms with Gasteiger partial charge in [0.05, 0.1) is 11.2 Å². The quantitative estimate of drug-likeness (QED) is 0.339. The molecular weight excluding hydrogens is 495 g/mol. The summed E-state index contributed by atoms with van der Waals surface area (Å²) in [4.78, 5) is 31.6. The molecule has 1 N–H and O–H groups in total. The molecule has 3 aromatic carbocycles. The number of amides is 2. The summed E-state index contributed by atoms with van der Waals surface area (Å²) in [6.07, 6.45) is 6.54. The lowest BCUT2D eigenvalue weighted by atomic mass is 9.89. The second-order valence-electron chi connectivity index (χ2n) is 9.74. The minimum absolute atomic E-state index is 0.0201. The van der Waals surface area contributed by atoms with Crippen LogP contribution in [0.25, 0.3) is 16.6 Å². The van der Waals surface area contributed by atoms with Gasteiger partial charge in [-0.2, -0.15) is 5.10 Å². The number of anilines is 1. The van der Waals surface area contributed by atoms with Gasteiger partial charge in [0.15, 0.2) is 0 Å². The van der Waals surface area contributed by atoms with E-state index in [1.54, 1.807) is 40.0 Å². The third kappa shape index (κ3) is 5.16. The van der Waals surface area contributed by atoms with Gasteiger partial charge in [-0.3, -0.25) is 9.59 Å². The van der Waals surface area contributed by atoms with Crippen molar-refractivity contribution in [3.63, 3.8) is 0 Å². The normalized spacial score (nSPS) is 14.0. The zero-order valence-electron chi connectivity index (χ0n) is 21.2. The number of nitrogens with one attached hydrogen (secondary N) is 1. The number of hydrogen-bond donors (Lipinski definition) is 1. The minimum atomic E-state index is -0.296. The summed E-state index contributed by atoms with van der Waals surface area (Å²) >= 11 is 0. The number of benzene rings is 3. The fraction of sp³-hybridized carbons (Fsp3) is 0.200. The zero-order chi connectivity index (χ0) is 26.8. The SMILES string of the molecule is O=C(Cn1ccc2c(F)cccc21)Nc1ccc(C2CCN(C(=O)c3cccc(-n4cncn4)c3)CC2)cc1. The van der Waals surface area contributed by atoms with Crippen molar-refractivity contribution in [3.8, 4) is 5.69 Å². The summed E-state index contributed by atoms with van der Waals surface area (Å²) in [5.41, 5.74) is 4.04. The molecule has 8 nitrogen and oxygen atoms in total. The van der Waals surface area contributed by atoms with E-state index in [1.807, 2.05) is 53.4 Å². The summed E-state index contributed by atoms with van der Waals surface area (Å²) in [6, 6.07) is 21.9. The molecule has 39 heavy (non-hydrogen) atoms. The van der Waals surface area contributed by atoms with Crippen LogP contribution in [-0.4, -0.2) is 49.1 Å². The van der Waals surface area contributed by atoms with Crippen LogP contribution in [-0.2, 0) is 11.3 Å². The Hall–Kier alpha value is -4.79. The number of hydrogen-bond acceptors (Lipinski definition) is 4. The lowest BCUT2D eigenvalue weighted by Crippen LogP contribution is -2.38. The Morgan fingerprint density at radius 3 is 2.54 bits per heavy atom. The zero-order valence-corrected chi connectivity index (χ0v) is 21.2. The second-order valence-corrected chi connectivity index (χ2v) is 9.74. The summed E-state index contributed by atoms with van der Waals surface area (Å²) in [5, 5.41) is 7.57. The van der Waals surface area contributed by atoms with Crippen LogP contribution in [0.2, 0.25) is 0 Å². The summed E-state index contributed by atoms with van der Waals surface area (Å²) < 4.78 is 17.3. The molecule has 2 aromatic heterocycles. The van der Waals surface area contributed by atoms with Crippen molar-refractivity contribution in [2.24, 2.45) is 0 Å². The Kier molecular flexibility index (Phi) is 6.62. The number of halogens is 1. The van der Waals surface area contributed by atoms with Crippen LogP contribution < -0.4 is 5.32 Å². The average molecular weight is 523 g/mol. The smallest absolute Gasteiger partial charge is 0.253 e. The van der Waals surface area contributed by atoms with Crippen LogP contribution in [0.1, 0.15) is 34.7 Å². The van der Waals surface area contributed by atoms with E-state index >= 15 is 0 Å². The van der Waals surface area contributed by atoms with Gasteiger partial charge < -0.3 is 14.8 Å². The molecular formula is C30H27FN6O2. The molecule has 0 spiro atoms. The Morgan fingerprint density at radius 1 is 0.974 bits per heavy atom. The molecule has 0 aliphatic carbocycles. The van der Waals surface area contributed by atoms with Gasteiger partial charge in [0.1, 0.15) is 25.0 Å². The van der Waals surface area contributed by atoms with E-state index in [0.29, 0.717) is 41.2 Å². The van der Waals surface area contributed by atoms with Gasteiger partial charge >= 0.3 is 0 Å². The van der Waals surface area contributed by atoms with Gasteiger partial charge in [-0.1, -0.05) is 24.3 Å². The highest BCUT2D eigenvalue weighted by Crippen LogP contribution is 2.30. The molecule has 6 rings (SSSR count). The highest BCUT2D eigenvalue weighted by molar-refractivity contribution is 5.95. The number of fused-ring (bicyclic) bond motifs is 1. The van der Waals surface area contributed by atoms with Crippen LogP contribution in [0.3, 0.4) is 0 Å². The molecule has 0 bridgehead atoms. The summed E-state index contributed by atoms with van der Waals surface area (Å²) in [6.45, 7) is 1.46. The average Bonchev–Trinajstić information content (AvgIpc) is 3.65. The third-order valence-corrected chi connectivity index (χ3v) is 7.30. The van der Waals surface area contributed by atoms with E-state index < -0.39 is 0 Å². The van der Waals surface area contributed by atoms with Gasteiger partial charge in [-0.15, -0.1) is 0 Å². The van der Waals surface area contributed by atoms with Gasteiger partial charge in [-0.25, -0.2) is 14.1 Å². The standard InChI is InChI=1S/C30H27FN6O2/c31-27-5-2-6-28-26(27)13-16-36(28)18-29(38)34-24-9-7-21(8-10-24)22-11-14-35(15-12-22)30(39)23-3-1-4-25(17-23)37-20-32-19-33-37/h1-10,13,16-17,19-20,22H,11-12,14-15,18H2,(H,34,38). The van der Waals surface area contributed by atoms with Crippen molar-refractivity contribution in [2.75, 3.05) is 18.4 Å². The molecule has 1 saturated heterocycles. The molecule has 2 amide bonds. The largest absolute Gasteiger partial charge is 0.339 e. The molecule has 0 unspecified atom stereocenters. The first-order valence-electron chi connectivity index (χ1n) is 12.9. The van der Waals surface area contributed by atoms with E-state index in [-0.39, 0.29) is 24.2 Å². The first kappa shape index (κ1) is 24.5. The van der Waals surface area contributed by atoms with Gasteiger partial charge in [0.2, 0.25) is 5.91 Å². The van der Waals surface area contributed by atoms with Crippen molar-refractivity contribution in [1.29, 1.82) is 0 Å². The molecule has 196 valence electrons. The van der Waals surface area contributed by atoms with Crippen molar-refractivity contribution < 1.29 is 14.0 Å². The maximum absolute atomic E-state index is 13.9. The van der Waals surface area contributed by atoms with E-state index in [2.05, 4.69) is 15.4 Å². The number of likely N-dealkylation sites (tertiary alicyclic amines) is 1. The predicted octanol–water partition coefficient (Wildman–Crippen LogP) is 5.02. The molecule has 0 radical (unpaired) electrons. The summed E-state index contributed by atoms with van der Waals surface area (Å²) in [7, 11) is 0. The minimum Gasteiger partial charge on any atom is -0.339 e. The van der Waals surface area contributed by atoms with Crippen LogP contribution in [0.4, 0.5) is 10.1 Å². The summed E-state index contributed by atoms with van der Waals surface area (Å²) in [5.74, 6) is -0.105. The second kappa shape index (κ2) is 10.5. The highest BCUT2D eigenvalue weighted by Gasteiger charge is 2.25. The van der Waals surface area contributed by atoms with Crippen molar-refractivity contribution in [1.82, 2.24) is 24.2 Å². The van der Waals surface area contributed by atoms with Gasteiger partial charge in [0, 0.05) is 35.9 Å². The van der Waals surface area contributed by atoms with Gasteiger partial charge in [-0.05, 0) is 72.9 Å². The molecule has 1 aliphatic rings. The number of carbonyl (C=O) groups is 2. The number of rotatable bonds is 6. The first-order valence-corrected chi connectivity index (χ1v) is 12.9. The van der Waals surface area contributed by atoms with Crippen molar-refractivity contribution in [3.05, 3.63) is 109 Å². The highest BCUT2D eigenvalue weighted by atomic mass is 19.1. The molecule has 9 heteroatoms. The van der Waals surface area contributed by atoms with E-state index in [1.165, 1.54) is 18.0 Å². The Balaban J connectivity index is 1.04. The lowest BCUT2D eigenvalue weighted by molar-refractivity contribution is -0.116. The Morgan fingerprint density at radius 2 is 1.77 bits per heavy atom. The maximum Gasteiger partial charge on any atom is 0.253 e. The van der Waals surface area contributed by atoms with E-state index in [0.717, 1.165) is 18.5 Å². The fourth-order valence-corrected chi connectivity index (χ4v) is 5.24. The fourth-order valence-electron chi connectivity index (χ4n) is 5.24. The van der Waals surface area contributed by atoms with Crippen molar-refractivity contribution in [2.45, 2.75) is 25.3 Å². The maximum atomic E-state index is 13.9. The monoisotopic (exact) mass is 522 g/mol. The molecule has 5 aromatic rings. The molecule has 0 atom stereocenters. The van der Waals surface area contributed by atoms with E-state index in [9.17, 15) is 14.0 Å². The van der Waals surface area contributed by atoms with E-state index in [4.69, 9.17) is 0 Å². The molecule has 1 aliphatic heterocycles. The first-order chi connectivity index (χ1) is 19.0. The topological polar surface area (TPSA) is 85.0 Å². The molecule has 0 saturated carbocycles. The van der Waals surface area contributed by atoms with Crippen LogP contribution in [0.5, 0.6) is 0 Å². The number of aromatic nitrogens is 4. The number of nitrogens with zero attached hydrogens (tertiary/aromatic N) is 5. The predicted molar refractivity (Wildman–Crippen MR) is 146 cm³/mol. The Bertz CT molecular complexity index is 1620. The van der Waals surface area contributed by atoms with Crippen LogP contribution in [0, 0.1) is 5.82 Å². The van der Waals surface area contributed by atoms with Crippen LogP contribution >= 0.6 is 0 Å². The van der Waals surface area contributed by atoms with Crippen molar-refractivity contribution >= 4 is 28.4 Å². The van der Waals surface area contributed by atoms with Crippen LogP contribution in [0.15, 0.2) is 91.6 Å². The molecule has 3 heterocycles. The number of carbonyl (C=O) groups excluding carboxylic acids is 2. The Labute approximate surface area is 224 Å². The lowest BCUT2D eigenvalue weighted by Gasteiger charge is -2.32.